The number of nitrogens with zero attached hydrogens (tertiary/aromatic N) is 3. The summed E-state index contributed by atoms with van der Waals surface area (Å²) in [4.78, 5) is 8.25. The van der Waals surface area contributed by atoms with Gasteiger partial charge in [-0.1, -0.05) is 23.4 Å². The van der Waals surface area contributed by atoms with Gasteiger partial charge in [0.1, 0.15) is 11.4 Å². The zero-order chi connectivity index (χ0) is 15.2. The summed E-state index contributed by atoms with van der Waals surface area (Å²) in [5.41, 5.74) is 7.27. The van der Waals surface area contributed by atoms with Crippen LogP contribution in [0.4, 0.5) is 0 Å². The summed E-state index contributed by atoms with van der Waals surface area (Å²) in [6.07, 6.45) is 0.467. The van der Waals surface area contributed by atoms with Crippen molar-refractivity contribution in [2.75, 3.05) is 6.61 Å². The van der Waals surface area contributed by atoms with Crippen molar-refractivity contribution in [2.45, 2.75) is 13.3 Å². The van der Waals surface area contributed by atoms with Crippen molar-refractivity contribution < 1.29 is 15.1 Å². The molecule has 4 N–H and O–H groups in total. The van der Waals surface area contributed by atoms with Gasteiger partial charge in [-0.05, 0) is 31.0 Å². The molecule has 21 heavy (non-hydrogen) atoms. The minimum Gasteiger partial charge on any atom is -0.424 e. The van der Waals surface area contributed by atoms with Crippen LogP contribution >= 0.6 is 0 Å². The van der Waals surface area contributed by atoms with Gasteiger partial charge in [-0.15, -0.1) is 0 Å². The fourth-order valence-corrected chi connectivity index (χ4v) is 1.80. The summed E-state index contributed by atoms with van der Waals surface area (Å²) in [6, 6.07) is 8.97. The minimum absolute atomic E-state index is 0.0183. The Morgan fingerprint density at radius 1 is 1.33 bits per heavy atom. The lowest BCUT2D eigenvalue weighted by molar-refractivity contribution is 0.297. The number of aliphatic hydroxyl groups excluding tert-OH is 1. The lowest BCUT2D eigenvalue weighted by Crippen LogP contribution is -2.16. The van der Waals surface area contributed by atoms with Crippen molar-refractivity contribution in [1.82, 2.24) is 9.97 Å². The first-order valence-electron chi connectivity index (χ1n) is 6.34. The molecular formula is C14H16N4O3. The number of amidine groups is 1. The van der Waals surface area contributed by atoms with Crippen molar-refractivity contribution in [1.29, 1.82) is 0 Å². The third-order valence-electron chi connectivity index (χ3n) is 2.76. The molecule has 0 bridgehead atoms. The van der Waals surface area contributed by atoms with Crippen LogP contribution in [-0.2, 0) is 6.42 Å². The smallest absolute Gasteiger partial charge is 0.322 e. The van der Waals surface area contributed by atoms with Crippen LogP contribution in [0.5, 0.6) is 11.8 Å². The summed E-state index contributed by atoms with van der Waals surface area (Å²) >= 11 is 0. The standard InChI is InChI=1S/C14H16N4O3/c1-9-8-11(13(15)18-20)17-14(16-9)21-12-5-3-2-4-10(12)6-7-19/h2-5,8,19-20H,6-7H2,1H3,(H2,15,18). The molecule has 1 aromatic heterocycles. The maximum atomic E-state index is 9.06. The van der Waals surface area contributed by atoms with Crippen molar-refractivity contribution in [3.63, 3.8) is 0 Å². The van der Waals surface area contributed by atoms with Gasteiger partial charge in [0.25, 0.3) is 0 Å². The number of para-hydroxylation sites is 1. The van der Waals surface area contributed by atoms with Gasteiger partial charge >= 0.3 is 6.01 Å². The molecule has 0 aliphatic rings. The largest absolute Gasteiger partial charge is 0.424 e. The molecule has 0 aliphatic heterocycles. The second-order valence-corrected chi connectivity index (χ2v) is 4.35. The lowest BCUT2D eigenvalue weighted by atomic mass is 10.1. The number of nitrogens with two attached hydrogens (primary N) is 1. The molecule has 7 heteroatoms. The van der Waals surface area contributed by atoms with Crippen LogP contribution in [0.1, 0.15) is 17.0 Å². The van der Waals surface area contributed by atoms with E-state index in [-0.39, 0.29) is 24.1 Å². The minimum atomic E-state index is -0.117. The normalized spacial score (nSPS) is 11.4. The Balaban J connectivity index is 2.34. The van der Waals surface area contributed by atoms with Gasteiger partial charge in [0.2, 0.25) is 0 Å². The fraction of sp³-hybridized carbons (Fsp3) is 0.214. The van der Waals surface area contributed by atoms with Crippen molar-refractivity contribution in [3.05, 3.63) is 47.3 Å². The van der Waals surface area contributed by atoms with E-state index in [4.69, 9.17) is 20.8 Å². The molecule has 7 nitrogen and oxygen atoms in total. The molecule has 0 radical (unpaired) electrons. The molecule has 0 atom stereocenters. The van der Waals surface area contributed by atoms with Crippen LogP contribution in [0, 0.1) is 6.92 Å². The van der Waals surface area contributed by atoms with Gasteiger partial charge in [0.05, 0.1) is 0 Å². The Morgan fingerprint density at radius 3 is 2.81 bits per heavy atom. The predicted molar refractivity (Wildman–Crippen MR) is 76.6 cm³/mol. The zero-order valence-electron chi connectivity index (χ0n) is 11.5. The molecule has 1 aromatic carbocycles. The van der Waals surface area contributed by atoms with Gasteiger partial charge in [-0.2, -0.15) is 4.98 Å². The van der Waals surface area contributed by atoms with Crippen LogP contribution in [-0.4, -0.2) is 32.7 Å². The molecule has 0 amide bonds. The number of ether oxygens (including phenoxy) is 1. The molecule has 2 rings (SSSR count). The Morgan fingerprint density at radius 2 is 2.10 bits per heavy atom. The predicted octanol–water partition coefficient (Wildman–Crippen LogP) is 1.21. The van der Waals surface area contributed by atoms with Crippen molar-refractivity contribution >= 4 is 5.84 Å². The Kier molecular flexibility index (Phi) is 4.68. The molecule has 0 fully saturated rings. The molecule has 1 heterocycles. The average Bonchev–Trinajstić information content (AvgIpc) is 2.48. The van der Waals surface area contributed by atoms with E-state index in [0.29, 0.717) is 17.9 Å². The Labute approximate surface area is 121 Å². The average molecular weight is 288 g/mol. The van der Waals surface area contributed by atoms with E-state index in [1.807, 2.05) is 18.2 Å². The third-order valence-corrected chi connectivity index (χ3v) is 2.76. The monoisotopic (exact) mass is 288 g/mol. The molecular weight excluding hydrogens is 272 g/mol. The summed E-state index contributed by atoms with van der Waals surface area (Å²) in [6.45, 7) is 1.77. The lowest BCUT2D eigenvalue weighted by Gasteiger charge is -2.10. The summed E-state index contributed by atoms with van der Waals surface area (Å²) in [5.74, 6) is 0.441. The highest BCUT2D eigenvalue weighted by Crippen LogP contribution is 2.23. The number of aromatic nitrogens is 2. The highest BCUT2D eigenvalue weighted by Gasteiger charge is 2.10. The van der Waals surface area contributed by atoms with Crippen molar-refractivity contribution in [2.24, 2.45) is 10.9 Å². The van der Waals surface area contributed by atoms with E-state index in [1.165, 1.54) is 0 Å². The van der Waals surface area contributed by atoms with Crippen LogP contribution in [0.15, 0.2) is 35.5 Å². The van der Waals surface area contributed by atoms with Gasteiger partial charge in [-0.25, -0.2) is 4.98 Å². The van der Waals surface area contributed by atoms with E-state index >= 15 is 0 Å². The van der Waals surface area contributed by atoms with Crippen LogP contribution in [0.25, 0.3) is 0 Å². The van der Waals surface area contributed by atoms with Crippen molar-refractivity contribution in [3.8, 4) is 11.8 Å². The van der Waals surface area contributed by atoms with E-state index < -0.39 is 0 Å². The fourth-order valence-electron chi connectivity index (χ4n) is 1.80. The van der Waals surface area contributed by atoms with E-state index in [9.17, 15) is 0 Å². The maximum Gasteiger partial charge on any atom is 0.322 e. The van der Waals surface area contributed by atoms with Gasteiger partial charge in [0.15, 0.2) is 5.84 Å². The molecule has 0 aliphatic carbocycles. The molecule has 0 unspecified atom stereocenters. The van der Waals surface area contributed by atoms with E-state index in [2.05, 4.69) is 15.1 Å². The number of oxime groups is 1. The quantitative estimate of drug-likeness (QED) is 0.330. The third kappa shape index (κ3) is 3.67. The first-order valence-corrected chi connectivity index (χ1v) is 6.34. The number of benzene rings is 1. The summed E-state index contributed by atoms with van der Waals surface area (Å²) in [5, 5.41) is 20.7. The molecule has 0 saturated carbocycles. The maximum absolute atomic E-state index is 9.06. The Bertz CT molecular complexity index is 658. The topological polar surface area (TPSA) is 114 Å². The van der Waals surface area contributed by atoms with Gasteiger partial charge < -0.3 is 20.8 Å². The number of rotatable bonds is 5. The molecule has 2 aromatic rings. The number of aliphatic hydroxyl groups is 1. The van der Waals surface area contributed by atoms with Crippen LogP contribution in [0.3, 0.4) is 0 Å². The first kappa shape index (κ1) is 14.7. The highest BCUT2D eigenvalue weighted by molar-refractivity contribution is 5.95. The van der Waals surface area contributed by atoms with E-state index in [0.717, 1.165) is 5.56 Å². The first-order chi connectivity index (χ1) is 10.1. The summed E-state index contributed by atoms with van der Waals surface area (Å²) < 4.78 is 5.65. The molecule has 110 valence electrons. The second kappa shape index (κ2) is 6.67. The summed E-state index contributed by atoms with van der Waals surface area (Å²) in [7, 11) is 0. The number of hydrogen-bond donors (Lipinski definition) is 3. The van der Waals surface area contributed by atoms with Crippen LogP contribution < -0.4 is 10.5 Å². The second-order valence-electron chi connectivity index (χ2n) is 4.35. The van der Waals surface area contributed by atoms with Gasteiger partial charge in [0, 0.05) is 12.3 Å². The van der Waals surface area contributed by atoms with Gasteiger partial charge in [-0.3, -0.25) is 0 Å². The Hall–Kier alpha value is -2.67. The SMILES string of the molecule is Cc1cc(/C(N)=N/O)nc(Oc2ccccc2CCO)n1. The number of hydrogen-bond acceptors (Lipinski definition) is 6. The molecule has 0 spiro atoms. The van der Waals surface area contributed by atoms with Crippen LogP contribution in [0.2, 0.25) is 0 Å². The highest BCUT2D eigenvalue weighted by atomic mass is 16.5. The number of aryl methyl sites for hydroxylation is 1. The molecule has 0 saturated heterocycles. The van der Waals surface area contributed by atoms with E-state index in [1.54, 1.807) is 19.1 Å². The zero-order valence-corrected chi connectivity index (χ0v) is 11.5.